The van der Waals surface area contributed by atoms with Gasteiger partial charge in [0, 0.05) is 0 Å². The maximum Gasteiger partial charge on any atom is 0.470 e. The van der Waals surface area contributed by atoms with Gasteiger partial charge in [-0.3, -0.25) is 4.52 Å². The van der Waals surface area contributed by atoms with Gasteiger partial charge in [-0.15, -0.1) is 0 Å². The van der Waals surface area contributed by atoms with Crippen LogP contribution in [0.25, 0.3) is 0 Å². The number of aliphatic hydroxyl groups is 1. The van der Waals surface area contributed by atoms with E-state index in [0.29, 0.717) is 0 Å². The molecular weight excluding hydrogens is 439 g/mol. The second-order valence-electron chi connectivity index (χ2n) is 7.38. The lowest BCUT2D eigenvalue weighted by atomic mass is 10.1. The molecule has 3 N–H and O–H groups in total. The van der Waals surface area contributed by atoms with Crippen molar-refractivity contribution in [2.45, 2.75) is 39.3 Å². The van der Waals surface area contributed by atoms with Gasteiger partial charge < -0.3 is 29.1 Å². The van der Waals surface area contributed by atoms with Crippen LogP contribution in [0.2, 0.25) is 0 Å². The van der Waals surface area contributed by atoms with E-state index in [9.17, 15) is 14.5 Å². The Morgan fingerprint density at radius 1 is 0.938 bits per heavy atom. The van der Waals surface area contributed by atoms with E-state index in [1.807, 2.05) is 62.4 Å². The van der Waals surface area contributed by atoms with E-state index >= 15 is 0 Å². The van der Waals surface area contributed by atoms with Crippen molar-refractivity contribution in [1.29, 1.82) is 0 Å². The zero-order valence-electron chi connectivity index (χ0n) is 17.6. The average molecular weight is 464 g/mol. The lowest BCUT2D eigenvalue weighted by Crippen LogP contribution is -2.34. The van der Waals surface area contributed by atoms with Crippen molar-refractivity contribution in [3.8, 4) is 0 Å². The first-order chi connectivity index (χ1) is 15.2. The molecule has 0 saturated carbocycles. The van der Waals surface area contributed by atoms with Gasteiger partial charge in [-0.25, -0.2) is 9.36 Å². The van der Waals surface area contributed by atoms with Crippen LogP contribution in [-0.2, 0) is 41.3 Å². The second kappa shape index (κ2) is 10.3. The fraction of sp³-hybridized carbons (Fsp3) is 0.318. The molecule has 0 amide bonds. The van der Waals surface area contributed by atoms with Crippen molar-refractivity contribution in [1.82, 2.24) is 0 Å². The first-order valence-electron chi connectivity index (χ1n) is 9.83. The number of cyclic esters (lactones) is 1. The molecule has 0 aromatic heterocycles. The van der Waals surface area contributed by atoms with Crippen LogP contribution in [0.3, 0.4) is 0 Å². The smallest absolute Gasteiger partial charge is 0.470 e. The summed E-state index contributed by atoms with van der Waals surface area (Å²) in [7, 11) is -4.98. The SMILES string of the molecule is Cc1ccc(COC2=C(OCc3ccc(C)cc3)[C@@H]([C@H](CO)OP(=O)(O)O)OC2=O)cc1. The largest absolute Gasteiger partial charge is 0.485 e. The van der Waals surface area contributed by atoms with Crippen molar-refractivity contribution in [3.63, 3.8) is 0 Å². The molecule has 2 aromatic rings. The van der Waals surface area contributed by atoms with Crippen molar-refractivity contribution in [2.75, 3.05) is 6.61 Å². The Hall–Kier alpha value is -2.68. The van der Waals surface area contributed by atoms with E-state index in [2.05, 4.69) is 4.52 Å². The van der Waals surface area contributed by atoms with Gasteiger partial charge in [0.2, 0.25) is 5.76 Å². The summed E-state index contributed by atoms with van der Waals surface area (Å²) in [6.45, 7) is 3.13. The van der Waals surface area contributed by atoms with E-state index in [4.69, 9.17) is 24.0 Å². The van der Waals surface area contributed by atoms with Crippen LogP contribution in [-0.4, -0.2) is 39.7 Å². The van der Waals surface area contributed by atoms with Crippen LogP contribution in [0.4, 0.5) is 0 Å². The predicted octanol–water partition coefficient (Wildman–Crippen LogP) is 2.64. The summed E-state index contributed by atoms with van der Waals surface area (Å²) < 4.78 is 32.6. The minimum atomic E-state index is -4.98. The number of phosphoric acid groups is 1. The zero-order valence-corrected chi connectivity index (χ0v) is 18.5. The van der Waals surface area contributed by atoms with Gasteiger partial charge >= 0.3 is 13.8 Å². The first kappa shape index (κ1) is 24.0. The van der Waals surface area contributed by atoms with Gasteiger partial charge in [0.15, 0.2) is 11.9 Å². The van der Waals surface area contributed by atoms with Gasteiger partial charge in [0.1, 0.15) is 19.3 Å². The van der Waals surface area contributed by atoms with Crippen LogP contribution in [0, 0.1) is 13.8 Å². The molecule has 1 heterocycles. The molecule has 0 fully saturated rings. The van der Waals surface area contributed by atoms with Crippen LogP contribution in [0.15, 0.2) is 60.0 Å². The summed E-state index contributed by atoms with van der Waals surface area (Å²) in [4.78, 5) is 30.8. The van der Waals surface area contributed by atoms with E-state index in [-0.39, 0.29) is 24.7 Å². The Morgan fingerprint density at radius 3 is 1.91 bits per heavy atom. The Balaban J connectivity index is 1.86. The molecule has 1 aliphatic heterocycles. The molecule has 9 nitrogen and oxygen atoms in total. The van der Waals surface area contributed by atoms with Crippen LogP contribution in [0.5, 0.6) is 0 Å². The summed E-state index contributed by atoms with van der Waals surface area (Å²) in [5.41, 5.74) is 3.71. The molecule has 0 aliphatic carbocycles. The summed E-state index contributed by atoms with van der Waals surface area (Å²) in [5, 5.41) is 9.61. The Kier molecular flexibility index (Phi) is 7.71. The zero-order chi connectivity index (χ0) is 23.3. The number of rotatable bonds is 10. The number of aliphatic hydroxyl groups excluding tert-OH is 1. The van der Waals surface area contributed by atoms with Crippen molar-refractivity contribution >= 4 is 13.8 Å². The standard InChI is InChI=1S/C22H25O9P/c1-14-3-7-16(8-4-14)12-28-20-19(18(11-23)31-32(25,26)27)30-22(24)21(20)29-13-17-9-5-15(2)6-10-17/h3-10,18-19,23H,11-13H2,1-2H3,(H2,25,26,27)/t18-,19+/m0/s1. The molecule has 0 bridgehead atoms. The normalized spacial score (nSPS) is 17.3. The van der Waals surface area contributed by atoms with Gasteiger partial charge in [0.05, 0.1) is 6.61 Å². The minimum absolute atomic E-state index is 0.0359. The number of carbonyl (C=O) groups is 1. The van der Waals surface area contributed by atoms with Gasteiger partial charge in [-0.05, 0) is 25.0 Å². The third-order valence-corrected chi connectivity index (χ3v) is 5.26. The highest BCUT2D eigenvalue weighted by molar-refractivity contribution is 7.46. The molecule has 3 rings (SSSR count). The minimum Gasteiger partial charge on any atom is -0.485 e. The monoisotopic (exact) mass is 464 g/mol. The van der Waals surface area contributed by atoms with Crippen LogP contribution >= 0.6 is 7.82 Å². The third kappa shape index (κ3) is 6.41. The quantitative estimate of drug-likeness (QED) is 0.359. The highest BCUT2D eigenvalue weighted by Gasteiger charge is 2.45. The lowest BCUT2D eigenvalue weighted by molar-refractivity contribution is -0.148. The molecule has 0 spiro atoms. The number of phosphoric ester groups is 1. The number of hydrogen-bond donors (Lipinski definition) is 3. The van der Waals surface area contributed by atoms with E-state index in [1.54, 1.807) is 0 Å². The molecule has 32 heavy (non-hydrogen) atoms. The lowest BCUT2D eigenvalue weighted by Gasteiger charge is -2.23. The average Bonchev–Trinajstić information content (AvgIpc) is 3.05. The van der Waals surface area contributed by atoms with Crippen molar-refractivity contribution in [2.24, 2.45) is 0 Å². The van der Waals surface area contributed by atoms with Gasteiger partial charge in [0.25, 0.3) is 0 Å². The van der Waals surface area contributed by atoms with E-state index in [1.165, 1.54) is 0 Å². The summed E-state index contributed by atoms with van der Waals surface area (Å²) >= 11 is 0. The maximum atomic E-state index is 12.5. The number of benzene rings is 2. The molecule has 0 saturated heterocycles. The highest BCUT2D eigenvalue weighted by atomic mass is 31.2. The Labute approximate surface area is 185 Å². The Morgan fingerprint density at radius 2 is 1.44 bits per heavy atom. The first-order valence-corrected chi connectivity index (χ1v) is 11.4. The molecule has 2 atom stereocenters. The number of esters is 1. The molecule has 2 aromatic carbocycles. The van der Waals surface area contributed by atoms with E-state index in [0.717, 1.165) is 22.3 Å². The predicted molar refractivity (Wildman–Crippen MR) is 113 cm³/mol. The van der Waals surface area contributed by atoms with Crippen molar-refractivity contribution in [3.05, 3.63) is 82.3 Å². The van der Waals surface area contributed by atoms with Gasteiger partial charge in [-0.1, -0.05) is 59.7 Å². The molecule has 0 radical (unpaired) electrons. The number of carbonyl (C=O) groups excluding carboxylic acids is 1. The fourth-order valence-corrected chi connectivity index (χ4v) is 3.55. The number of aryl methyl sites for hydroxylation is 2. The highest BCUT2D eigenvalue weighted by Crippen LogP contribution is 2.41. The fourth-order valence-electron chi connectivity index (χ4n) is 3.02. The molecule has 1 aliphatic rings. The summed E-state index contributed by atoms with van der Waals surface area (Å²) in [6.07, 6.45) is -2.94. The molecule has 172 valence electrons. The van der Waals surface area contributed by atoms with Gasteiger partial charge in [-0.2, -0.15) is 0 Å². The molecular formula is C22H25O9P. The van der Waals surface area contributed by atoms with E-state index < -0.39 is 32.6 Å². The maximum absolute atomic E-state index is 12.5. The number of ether oxygens (including phenoxy) is 3. The second-order valence-corrected chi connectivity index (χ2v) is 8.58. The summed E-state index contributed by atoms with van der Waals surface area (Å²) in [5.74, 6) is -1.22. The topological polar surface area (TPSA) is 132 Å². The summed E-state index contributed by atoms with van der Waals surface area (Å²) in [6, 6.07) is 14.9. The third-order valence-electron chi connectivity index (χ3n) is 4.71. The Bertz CT molecular complexity index is 1010. The van der Waals surface area contributed by atoms with Crippen LogP contribution in [0.1, 0.15) is 22.3 Å². The van der Waals surface area contributed by atoms with Crippen molar-refractivity contribution < 1.29 is 43.0 Å². The molecule has 10 heteroatoms. The van der Waals surface area contributed by atoms with Crippen LogP contribution < -0.4 is 0 Å². The number of hydrogen-bond acceptors (Lipinski definition) is 7. The molecule has 0 unspecified atom stereocenters.